The molecule has 3 atom stereocenters. The van der Waals surface area contributed by atoms with Crippen LogP contribution in [-0.2, 0) is 4.79 Å². The Labute approximate surface area is 102 Å². The highest BCUT2D eigenvalue weighted by atomic mass is 16.2. The zero-order valence-electron chi connectivity index (χ0n) is 10.3. The highest BCUT2D eigenvalue weighted by Crippen LogP contribution is 2.17. The Bertz CT molecular complexity index is 380. The van der Waals surface area contributed by atoms with Crippen molar-refractivity contribution >= 4 is 5.91 Å². The first-order valence-electron chi connectivity index (χ1n) is 6.10. The minimum Gasteiger partial charge on any atom is -0.348 e. The quantitative estimate of drug-likeness (QED) is 0.822. The van der Waals surface area contributed by atoms with Gasteiger partial charge >= 0.3 is 0 Å². The molecule has 4 nitrogen and oxygen atoms in total. The molecular formula is C13H19N3O. The second-order valence-electron chi connectivity index (χ2n) is 4.73. The molecule has 1 aromatic heterocycles. The molecule has 1 aliphatic heterocycles. The summed E-state index contributed by atoms with van der Waals surface area (Å²) in [5, 5.41) is 6.27. The van der Waals surface area contributed by atoms with Crippen molar-refractivity contribution in [3.63, 3.8) is 0 Å². The molecule has 0 aromatic carbocycles. The van der Waals surface area contributed by atoms with Gasteiger partial charge in [-0.2, -0.15) is 0 Å². The lowest BCUT2D eigenvalue weighted by Gasteiger charge is -2.18. The van der Waals surface area contributed by atoms with Gasteiger partial charge in [0.05, 0.1) is 17.7 Å². The summed E-state index contributed by atoms with van der Waals surface area (Å²) in [5.74, 6) is 0.618. The van der Waals surface area contributed by atoms with E-state index in [0.29, 0.717) is 5.92 Å². The molecule has 0 aliphatic carbocycles. The normalized spacial score (nSPS) is 25.5. The van der Waals surface area contributed by atoms with Crippen LogP contribution in [0.2, 0.25) is 0 Å². The maximum atomic E-state index is 12.1. The Morgan fingerprint density at radius 3 is 2.94 bits per heavy atom. The summed E-state index contributed by atoms with van der Waals surface area (Å²) in [6.07, 6.45) is 1.75. The van der Waals surface area contributed by atoms with Gasteiger partial charge in [-0.05, 0) is 31.5 Å². The smallest absolute Gasteiger partial charge is 0.225 e. The van der Waals surface area contributed by atoms with Crippen molar-refractivity contribution in [2.75, 3.05) is 13.1 Å². The number of rotatable bonds is 3. The van der Waals surface area contributed by atoms with E-state index in [1.54, 1.807) is 6.20 Å². The third-order valence-electron chi connectivity index (χ3n) is 3.34. The molecule has 0 radical (unpaired) electrons. The zero-order chi connectivity index (χ0) is 12.3. The van der Waals surface area contributed by atoms with Crippen molar-refractivity contribution in [3.8, 4) is 0 Å². The van der Waals surface area contributed by atoms with Crippen LogP contribution in [0.25, 0.3) is 0 Å². The number of aromatic nitrogens is 1. The molecule has 2 N–H and O–H groups in total. The maximum Gasteiger partial charge on any atom is 0.225 e. The van der Waals surface area contributed by atoms with Crippen LogP contribution >= 0.6 is 0 Å². The van der Waals surface area contributed by atoms with Gasteiger partial charge in [-0.25, -0.2) is 0 Å². The van der Waals surface area contributed by atoms with Crippen molar-refractivity contribution in [1.82, 2.24) is 15.6 Å². The van der Waals surface area contributed by atoms with Crippen LogP contribution < -0.4 is 10.6 Å². The molecule has 0 spiro atoms. The standard InChI is InChI=1S/C13H19N3O/c1-9-7-14-8-11(9)13(17)16-10(2)12-5-3-4-6-15-12/h3-6,9-11,14H,7-8H2,1-2H3,(H,16,17)/t9?,10-,11?/m0/s1. The second-order valence-corrected chi connectivity index (χ2v) is 4.73. The Kier molecular flexibility index (Phi) is 3.74. The number of nitrogens with one attached hydrogen (secondary N) is 2. The second kappa shape index (κ2) is 5.27. The summed E-state index contributed by atoms with van der Waals surface area (Å²) in [6, 6.07) is 5.71. The fraction of sp³-hybridized carbons (Fsp3) is 0.538. The molecule has 17 heavy (non-hydrogen) atoms. The Morgan fingerprint density at radius 2 is 2.35 bits per heavy atom. The number of amides is 1. The summed E-state index contributed by atoms with van der Waals surface area (Å²) in [6.45, 7) is 5.78. The van der Waals surface area contributed by atoms with Crippen LogP contribution in [0.5, 0.6) is 0 Å². The monoisotopic (exact) mass is 233 g/mol. The first-order chi connectivity index (χ1) is 8.18. The van der Waals surface area contributed by atoms with Crippen LogP contribution in [0.3, 0.4) is 0 Å². The van der Waals surface area contributed by atoms with Gasteiger partial charge in [0.25, 0.3) is 0 Å². The van der Waals surface area contributed by atoms with Crippen LogP contribution in [0.15, 0.2) is 24.4 Å². The summed E-state index contributed by atoms with van der Waals surface area (Å²) >= 11 is 0. The molecule has 2 rings (SSSR count). The molecule has 4 heteroatoms. The van der Waals surface area contributed by atoms with Crippen molar-refractivity contribution in [2.24, 2.45) is 11.8 Å². The number of pyridine rings is 1. The lowest BCUT2D eigenvalue weighted by molar-refractivity contribution is -0.126. The van der Waals surface area contributed by atoms with Crippen LogP contribution in [-0.4, -0.2) is 24.0 Å². The van der Waals surface area contributed by atoms with E-state index in [0.717, 1.165) is 18.8 Å². The lowest BCUT2D eigenvalue weighted by atomic mass is 9.97. The molecular weight excluding hydrogens is 214 g/mol. The maximum absolute atomic E-state index is 12.1. The number of carbonyl (C=O) groups excluding carboxylic acids is 1. The number of hydrogen-bond donors (Lipinski definition) is 2. The van der Waals surface area contributed by atoms with Gasteiger partial charge in [-0.15, -0.1) is 0 Å². The van der Waals surface area contributed by atoms with Crippen molar-refractivity contribution in [1.29, 1.82) is 0 Å². The summed E-state index contributed by atoms with van der Waals surface area (Å²) < 4.78 is 0. The van der Waals surface area contributed by atoms with Crippen molar-refractivity contribution in [2.45, 2.75) is 19.9 Å². The number of carbonyl (C=O) groups is 1. The summed E-state index contributed by atoms with van der Waals surface area (Å²) in [4.78, 5) is 16.3. The predicted molar refractivity (Wildman–Crippen MR) is 66.3 cm³/mol. The lowest BCUT2D eigenvalue weighted by Crippen LogP contribution is -2.36. The van der Waals surface area contributed by atoms with Gasteiger partial charge in [0.15, 0.2) is 0 Å². The van der Waals surface area contributed by atoms with Gasteiger partial charge < -0.3 is 10.6 Å². The SMILES string of the molecule is CC1CNCC1C(=O)N[C@@H](C)c1ccccn1. The molecule has 1 fully saturated rings. The van der Waals surface area contributed by atoms with E-state index in [1.807, 2.05) is 25.1 Å². The highest BCUT2D eigenvalue weighted by molar-refractivity contribution is 5.79. The summed E-state index contributed by atoms with van der Waals surface area (Å²) in [7, 11) is 0. The molecule has 2 heterocycles. The first kappa shape index (κ1) is 12.0. The van der Waals surface area contributed by atoms with Crippen molar-refractivity contribution in [3.05, 3.63) is 30.1 Å². The van der Waals surface area contributed by atoms with E-state index in [-0.39, 0.29) is 17.9 Å². The van der Waals surface area contributed by atoms with E-state index in [9.17, 15) is 4.79 Å². The molecule has 1 aromatic rings. The van der Waals surface area contributed by atoms with E-state index in [4.69, 9.17) is 0 Å². The molecule has 1 aliphatic rings. The predicted octanol–water partition coefficient (Wildman–Crippen LogP) is 1.11. The molecule has 2 unspecified atom stereocenters. The Balaban J connectivity index is 1.95. The number of hydrogen-bond acceptors (Lipinski definition) is 3. The minimum atomic E-state index is -0.0310. The molecule has 1 saturated heterocycles. The van der Waals surface area contributed by atoms with E-state index in [1.165, 1.54) is 0 Å². The average molecular weight is 233 g/mol. The minimum absolute atomic E-state index is 0.0310. The van der Waals surface area contributed by atoms with Crippen LogP contribution in [0, 0.1) is 11.8 Å². The van der Waals surface area contributed by atoms with Crippen molar-refractivity contribution < 1.29 is 4.79 Å². The zero-order valence-corrected chi connectivity index (χ0v) is 10.3. The molecule has 0 saturated carbocycles. The van der Waals surface area contributed by atoms with E-state index < -0.39 is 0 Å². The van der Waals surface area contributed by atoms with Gasteiger partial charge in [-0.3, -0.25) is 9.78 Å². The first-order valence-corrected chi connectivity index (χ1v) is 6.10. The fourth-order valence-corrected chi connectivity index (χ4v) is 2.19. The topological polar surface area (TPSA) is 54.0 Å². The van der Waals surface area contributed by atoms with Crippen LogP contribution in [0.1, 0.15) is 25.6 Å². The van der Waals surface area contributed by atoms with Gasteiger partial charge in [0.2, 0.25) is 5.91 Å². The molecule has 0 bridgehead atoms. The third kappa shape index (κ3) is 2.82. The largest absolute Gasteiger partial charge is 0.348 e. The fourth-order valence-electron chi connectivity index (χ4n) is 2.19. The Hall–Kier alpha value is -1.42. The van der Waals surface area contributed by atoms with Gasteiger partial charge in [0, 0.05) is 12.7 Å². The van der Waals surface area contributed by atoms with E-state index in [2.05, 4.69) is 22.5 Å². The van der Waals surface area contributed by atoms with Gasteiger partial charge in [-0.1, -0.05) is 13.0 Å². The third-order valence-corrected chi connectivity index (χ3v) is 3.34. The summed E-state index contributed by atoms with van der Waals surface area (Å²) in [5.41, 5.74) is 0.902. The molecule has 1 amide bonds. The van der Waals surface area contributed by atoms with Gasteiger partial charge in [0.1, 0.15) is 0 Å². The Morgan fingerprint density at radius 1 is 1.53 bits per heavy atom. The molecule has 92 valence electrons. The number of nitrogens with zero attached hydrogens (tertiary/aromatic N) is 1. The van der Waals surface area contributed by atoms with Crippen LogP contribution in [0.4, 0.5) is 0 Å². The highest BCUT2D eigenvalue weighted by Gasteiger charge is 2.30. The average Bonchev–Trinajstić information content (AvgIpc) is 2.76. The van der Waals surface area contributed by atoms with E-state index >= 15 is 0 Å².